The number of carbonyl (C=O) groups excluding carboxylic acids is 2. The molecule has 4 rings (SSSR count). The number of hydrogen-bond donors (Lipinski definition) is 2. The average molecular weight is 437 g/mol. The first-order chi connectivity index (χ1) is 15.4. The number of piperidine rings is 1. The lowest BCUT2D eigenvalue weighted by molar-refractivity contribution is -0.135. The van der Waals surface area contributed by atoms with Crippen molar-refractivity contribution < 1.29 is 19.4 Å². The second kappa shape index (κ2) is 9.00. The summed E-state index contributed by atoms with van der Waals surface area (Å²) in [6.07, 6.45) is 2.98. The van der Waals surface area contributed by atoms with Crippen molar-refractivity contribution in [2.24, 2.45) is 0 Å². The summed E-state index contributed by atoms with van der Waals surface area (Å²) in [5, 5.41) is 19.3. The zero-order valence-corrected chi connectivity index (χ0v) is 18.4. The Hall–Kier alpha value is -3.39. The summed E-state index contributed by atoms with van der Waals surface area (Å²) in [7, 11) is 1.60. The van der Waals surface area contributed by atoms with Crippen molar-refractivity contribution in [1.82, 2.24) is 14.7 Å². The van der Waals surface area contributed by atoms with Gasteiger partial charge in [-0.05, 0) is 37.1 Å². The first kappa shape index (κ1) is 21.8. The van der Waals surface area contributed by atoms with Crippen molar-refractivity contribution in [3.63, 3.8) is 0 Å². The maximum Gasteiger partial charge on any atom is 0.227 e. The lowest BCUT2D eigenvalue weighted by Crippen LogP contribution is -2.49. The molecular formula is C24H28N4O4. The van der Waals surface area contributed by atoms with Crippen LogP contribution in [0.5, 0.6) is 5.75 Å². The van der Waals surface area contributed by atoms with E-state index in [-0.39, 0.29) is 18.2 Å². The van der Waals surface area contributed by atoms with E-state index in [1.54, 1.807) is 18.0 Å². The Morgan fingerprint density at radius 2 is 1.94 bits per heavy atom. The number of hydrogen-bond acceptors (Lipinski definition) is 5. The van der Waals surface area contributed by atoms with Crippen molar-refractivity contribution >= 4 is 28.4 Å². The molecule has 1 aliphatic rings. The largest absolute Gasteiger partial charge is 0.496 e. The number of methoxy groups -OCH3 is 1. The molecule has 168 valence electrons. The minimum Gasteiger partial charge on any atom is -0.496 e. The number of anilines is 1. The molecule has 32 heavy (non-hydrogen) atoms. The minimum absolute atomic E-state index is 0.0339. The van der Waals surface area contributed by atoms with Crippen LogP contribution in [0.4, 0.5) is 5.69 Å². The molecule has 0 saturated carbocycles. The molecule has 2 heterocycles. The van der Waals surface area contributed by atoms with Crippen LogP contribution in [0.3, 0.4) is 0 Å². The number of amides is 2. The third-order valence-corrected chi connectivity index (χ3v) is 5.99. The maximum atomic E-state index is 12.8. The SMILES string of the molecule is COc1ccccc1CC(=O)N1CCC(O)(Cn2ncc3cc(NC(C)=O)ccc32)CC1. The fourth-order valence-electron chi connectivity index (χ4n) is 4.23. The Bertz CT molecular complexity index is 1130. The Labute approximate surface area is 186 Å². The van der Waals surface area contributed by atoms with Crippen LogP contribution in [0.25, 0.3) is 10.9 Å². The Morgan fingerprint density at radius 1 is 1.19 bits per heavy atom. The van der Waals surface area contributed by atoms with E-state index < -0.39 is 5.60 Å². The molecule has 1 fully saturated rings. The van der Waals surface area contributed by atoms with Crippen molar-refractivity contribution in [2.45, 2.75) is 38.3 Å². The zero-order chi connectivity index (χ0) is 22.7. The van der Waals surface area contributed by atoms with Gasteiger partial charge in [0.2, 0.25) is 11.8 Å². The summed E-state index contributed by atoms with van der Waals surface area (Å²) in [6.45, 7) is 2.81. The molecule has 2 N–H and O–H groups in total. The highest BCUT2D eigenvalue weighted by molar-refractivity contribution is 5.92. The predicted molar refractivity (Wildman–Crippen MR) is 121 cm³/mol. The van der Waals surface area contributed by atoms with E-state index in [1.807, 2.05) is 47.4 Å². The topological polar surface area (TPSA) is 96.7 Å². The standard InChI is InChI=1S/C24H28N4O4/c1-17(29)26-20-7-8-21-19(13-20)15-25-28(21)16-24(31)9-11-27(12-10-24)23(30)14-18-5-3-4-6-22(18)32-2/h3-8,13,15,31H,9-12,14,16H2,1-2H3,(H,26,29). The van der Waals surface area contributed by atoms with Gasteiger partial charge in [0.15, 0.2) is 0 Å². The van der Waals surface area contributed by atoms with Gasteiger partial charge in [0.25, 0.3) is 0 Å². The van der Waals surface area contributed by atoms with Gasteiger partial charge in [-0.2, -0.15) is 5.10 Å². The summed E-state index contributed by atoms with van der Waals surface area (Å²) in [4.78, 5) is 25.9. The molecule has 2 amide bonds. The number of aromatic nitrogens is 2. The third kappa shape index (κ3) is 4.75. The van der Waals surface area contributed by atoms with Crippen LogP contribution >= 0.6 is 0 Å². The van der Waals surface area contributed by atoms with Crippen LogP contribution in [0.15, 0.2) is 48.7 Å². The first-order valence-corrected chi connectivity index (χ1v) is 10.7. The van der Waals surface area contributed by atoms with E-state index in [0.717, 1.165) is 16.5 Å². The molecule has 1 aromatic heterocycles. The lowest BCUT2D eigenvalue weighted by Gasteiger charge is -2.38. The van der Waals surface area contributed by atoms with Crippen molar-refractivity contribution in [2.75, 3.05) is 25.5 Å². The summed E-state index contributed by atoms with van der Waals surface area (Å²) in [5.74, 6) is 0.617. The molecule has 0 unspecified atom stereocenters. The number of nitrogens with zero attached hydrogens (tertiary/aromatic N) is 3. The zero-order valence-electron chi connectivity index (χ0n) is 18.4. The lowest BCUT2D eigenvalue weighted by atomic mass is 9.91. The van der Waals surface area contributed by atoms with Gasteiger partial charge in [-0.15, -0.1) is 0 Å². The minimum atomic E-state index is -0.934. The predicted octanol–water partition coefficient (Wildman–Crippen LogP) is 2.60. The highest BCUT2D eigenvalue weighted by atomic mass is 16.5. The van der Waals surface area contributed by atoms with Crippen molar-refractivity contribution in [3.05, 3.63) is 54.2 Å². The fourth-order valence-corrected chi connectivity index (χ4v) is 4.23. The van der Waals surface area contributed by atoms with Gasteiger partial charge in [0.05, 0.1) is 37.4 Å². The highest BCUT2D eigenvalue weighted by Gasteiger charge is 2.35. The molecular weight excluding hydrogens is 408 g/mol. The Balaban J connectivity index is 1.39. The van der Waals surface area contributed by atoms with Crippen LogP contribution < -0.4 is 10.1 Å². The summed E-state index contributed by atoms with van der Waals surface area (Å²) in [5.41, 5.74) is 1.53. The van der Waals surface area contributed by atoms with E-state index in [9.17, 15) is 14.7 Å². The molecule has 0 radical (unpaired) electrons. The molecule has 2 aromatic carbocycles. The molecule has 8 nitrogen and oxygen atoms in total. The third-order valence-electron chi connectivity index (χ3n) is 5.99. The first-order valence-electron chi connectivity index (χ1n) is 10.7. The number of fused-ring (bicyclic) bond motifs is 1. The second-order valence-corrected chi connectivity index (χ2v) is 8.35. The van der Waals surface area contributed by atoms with Crippen LogP contribution in [0, 0.1) is 0 Å². The van der Waals surface area contributed by atoms with Gasteiger partial charge < -0.3 is 20.1 Å². The molecule has 8 heteroatoms. The number of carbonyl (C=O) groups is 2. The molecule has 0 bridgehead atoms. The van der Waals surface area contributed by atoms with E-state index in [4.69, 9.17) is 4.74 Å². The van der Waals surface area contributed by atoms with Gasteiger partial charge in [-0.1, -0.05) is 18.2 Å². The number of aliphatic hydroxyl groups is 1. The number of likely N-dealkylation sites (tertiary alicyclic amines) is 1. The monoisotopic (exact) mass is 436 g/mol. The van der Waals surface area contributed by atoms with E-state index in [1.165, 1.54) is 6.92 Å². The highest BCUT2D eigenvalue weighted by Crippen LogP contribution is 2.28. The fraction of sp³-hybridized carbons (Fsp3) is 0.375. The quantitative estimate of drug-likeness (QED) is 0.619. The number of nitrogens with one attached hydrogen (secondary N) is 1. The summed E-state index contributed by atoms with van der Waals surface area (Å²) >= 11 is 0. The molecule has 0 atom stereocenters. The molecule has 0 spiro atoms. The van der Waals surface area contributed by atoms with Crippen LogP contribution in [0.1, 0.15) is 25.3 Å². The molecule has 0 aliphatic carbocycles. The van der Waals surface area contributed by atoms with Crippen LogP contribution in [-0.4, -0.2) is 57.4 Å². The second-order valence-electron chi connectivity index (χ2n) is 8.35. The normalized spacial score (nSPS) is 15.5. The van der Waals surface area contributed by atoms with Gasteiger partial charge >= 0.3 is 0 Å². The summed E-state index contributed by atoms with van der Waals surface area (Å²) in [6, 6.07) is 13.1. The van der Waals surface area contributed by atoms with E-state index in [2.05, 4.69) is 10.4 Å². The number of benzene rings is 2. The smallest absolute Gasteiger partial charge is 0.227 e. The van der Waals surface area contributed by atoms with E-state index in [0.29, 0.717) is 43.9 Å². The van der Waals surface area contributed by atoms with Crippen molar-refractivity contribution in [1.29, 1.82) is 0 Å². The van der Waals surface area contributed by atoms with Crippen LogP contribution in [0.2, 0.25) is 0 Å². The molecule has 1 aliphatic heterocycles. The number of rotatable bonds is 6. The number of para-hydroxylation sites is 1. The average Bonchev–Trinajstić information content (AvgIpc) is 3.15. The maximum absolute atomic E-state index is 12.8. The van der Waals surface area contributed by atoms with Gasteiger partial charge in [0, 0.05) is 36.7 Å². The Kier molecular flexibility index (Phi) is 6.14. The Morgan fingerprint density at radius 3 is 2.66 bits per heavy atom. The molecule has 1 saturated heterocycles. The number of ether oxygens (including phenoxy) is 1. The van der Waals surface area contributed by atoms with Gasteiger partial charge in [-0.25, -0.2) is 0 Å². The van der Waals surface area contributed by atoms with E-state index >= 15 is 0 Å². The van der Waals surface area contributed by atoms with Crippen LogP contribution in [-0.2, 0) is 22.6 Å². The van der Waals surface area contributed by atoms with Crippen molar-refractivity contribution in [3.8, 4) is 5.75 Å². The van der Waals surface area contributed by atoms with Gasteiger partial charge in [0.1, 0.15) is 5.75 Å². The van der Waals surface area contributed by atoms with Gasteiger partial charge in [-0.3, -0.25) is 14.3 Å². The summed E-state index contributed by atoms with van der Waals surface area (Å²) < 4.78 is 7.14. The molecule has 3 aromatic rings.